The summed E-state index contributed by atoms with van der Waals surface area (Å²) < 4.78 is 11.0. The average molecular weight is 291 g/mol. The summed E-state index contributed by atoms with van der Waals surface area (Å²) in [6, 6.07) is 8.41. The zero-order valence-electron chi connectivity index (χ0n) is 13.0. The van der Waals surface area contributed by atoms with Crippen LogP contribution in [0.4, 0.5) is 0 Å². The molecule has 1 aromatic carbocycles. The number of aliphatic hydroxyl groups excluding tert-OH is 1. The summed E-state index contributed by atoms with van der Waals surface area (Å²) in [7, 11) is 3.46. The van der Waals surface area contributed by atoms with Gasteiger partial charge >= 0.3 is 0 Å². The zero-order valence-corrected chi connectivity index (χ0v) is 13.0. The minimum absolute atomic E-state index is 0.0923. The number of likely N-dealkylation sites (tertiary alicyclic amines) is 1. The van der Waals surface area contributed by atoms with Gasteiger partial charge in [-0.1, -0.05) is 31.2 Å². The number of rotatable bonds is 3. The molecule has 1 N–H and O–H groups in total. The van der Waals surface area contributed by atoms with Crippen LogP contribution in [0.5, 0.6) is 0 Å². The molecular formula is C17H25NO3. The second-order valence-corrected chi connectivity index (χ2v) is 6.28. The van der Waals surface area contributed by atoms with E-state index in [1.54, 1.807) is 14.2 Å². The number of methoxy groups -OCH3 is 2. The molecule has 0 saturated carbocycles. The average Bonchev–Trinajstić information content (AvgIpc) is 2.94. The first-order valence-electron chi connectivity index (χ1n) is 7.72. The first-order valence-corrected chi connectivity index (χ1v) is 7.72. The van der Waals surface area contributed by atoms with Crippen LogP contribution in [-0.4, -0.2) is 55.6 Å². The molecule has 1 aromatic rings. The van der Waals surface area contributed by atoms with Gasteiger partial charge in [-0.05, 0) is 23.5 Å². The Balaban J connectivity index is 1.82. The molecule has 1 aliphatic heterocycles. The van der Waals surface area contributed by atoms with E-state index in [-0.39, 0.29) is 18.2 Å². The van der Waals surface area contributed by atoms with Crippen molar-refractivity contribution in [1.82, 2.24) is 4.90 Å². The Bertz CT molecular complexity index is 481. The Morgan fingerprint density at radius 2 is 1.62 bits per heavy atom. The number of nitrogens with zero attached hydrogens (tertiary/aromatic N) is 1. The highest BCUT2D eigenvalue weighted by Crippen LogP contribution is 2.40. The van der Waals surface area contributed by atoms with E-state index in [9.17, 15) is 5.11 Å². The van der Waals surface area contributed by atoms with Crippen LogP contribution >= 0.6 is 0 Å². The van der Waals surface area contributed by atoms with E-state index < -0.39 is 6.10 Å². The van der Waals surface area contributed by atoms with Crippen LogP contribution in [0.2, 0.25) is 0 Å². The minimum atomic E-state index is -0.425. The van der Waals surface area contributed by atoms with Gasteiger partial charge in [0.1, 0.15) is 0 Å². The third kappa shape index (κ3) is 2.61. The van der Waals surface area contributed by atoms with Gasteiger partial charge < -0.3 is 14.6 Å². The van der Waals surface area contributed by atoms with Crippen molar-refractivity contribution in [2.45, 2.75) is 43.6 Å². The molecule has 1 saturated heterocycles. The maximum absolute atomic E-state index is 10.8. The van der Waals surface area contributed by atoms with Crippen LogP contribution in [0.3, 0.4) is 0 Å². The lowest BCUT2D eigenvalue weighted by atomic mass is 9.79. The molecule has 2 aliphatic rings. The molecule has 116 valence electrons. The number of ether oxygens (including phenoxy) is 2. The van der Waals surface area contributed by atoms with Crippen molar-refractivity contribution in [3.8, 4) is 0 Å². The highest BCUT2D eigenvalue weighted by atomic mass is 16.5. The lowest BCUT2D eigenvalue weighted by Crippen LogP contribution is -2.42. The van der Waals surface area contributed by atoms with Crippen molar-refractivity contribution in [3.63, 3.8) is 0 Å². The smallest absolute Gasteiger partial charge is 0.0971 e. The van der Waals surface area contributed by atoms with Gasteiger partial charge in [0.05, 0.1) is 18.3 Å². The number of hydrogen-bond acceptors (Lipinski definition) is 4. The van der Waals surface area contributed by atoms with Crippen LogP contribution in [0.25, 0.3) is 0 Å². The zero-order chi connectivity index (χ0) is 15.0. The van der Waals surface area contributed by atoms with Crippen molar-refractivity contribution in [2.75, 3.05) is 27.3 Å². The first-order chi connectivity index (χ1) is 10.2. The molecule has 0 spiro atoms. The Hall–Kier alpha value is -0.940. The van der Waals surface area contributed by atoms with Gasteiger partial charge in [0.2, 0.25) is 0 Å². The number of fused-ring (bicyclic) bond motifs is 1. The van der Waals surface area contributed by atoms with Gasteiger partial charge in [0.15, 0.2) is 0 Å². The molecule has 4 nitrogen and oxygen atoms in total. The molecular weight excluding hydrogens is 266 g/mol. The Kier molecular flexibility index (Phi) is 4.31. The topological polar surface area (TPSA) is 41.9 Å². The third-order valence-electron chi connectivity index (χ3n) is 5.12. The highest BCUT2D eigenvalue weighted by Gasteiger charge is 2.42. The van der Waals surface area contributed by atoms with Crippen molar-refractivity contribution in [2.24, 2.45) is 0 Å². The number of aliphatic hydroxyl groups is 1. The van der Waals surface area contributed by atoms with Crippen LogP contribution in [0.15, 0.2) is 24.3 Å². The summed E-state index contributed by atoms with van der Waals surface area (Å²) in [5, 5.41) is 10.8. The molecule has 21 heavy (non-hydrogen) atoms. The van der Waals surface area contributed by atoms with E-state index >= 15 is 0 Å². The first kappa shape index (κ1) is 15.0. The fourth-order valence-electron chi connectivity index (χ4n) is 3.90. The van der Waals surface area contributed by atoms with Gasteiger partial charge in [-0.25, -0.2) is 0 Å². The number of benzene rings is 1. The molecule has 3 rings (SSSR count). The van der Waals surface area contributed by atoms with Crippen molar-refractivity contribution < 1.29 is 14.6 Å². The lowest BCUT2D eigenvalue weighted by molar-refractivity contribution is -0.00461. The maximum atomic E-state index is 10.8. The van der Waals surface area contributed by atoms with Crippen LogP contribution in [-0.2, 0) is 9.47 Å². The van der Waals surface area contributed by atoms with E-state index in [1.807, 2.05) is 6.07 Å². The van der Waals surface area contributed by atoms with Gasteiger partial charge in [0.25, 0.3) is 0 Å². The standard InChI is InChI=1S/C17H25NO3/c1-11-8-14(17(19)13-7-5-4-6-12(11)13)18-9-15(20-2)16(10-18)21-3/h4-7,11,14-17,19H,8-10H2,1-3H3. The van der Waals surface area contributed by atoms with E-state index in [0.29, 0.717) is 5.92 Å². The monoisotopic (exact) mass is 291 g/mol. The molecule has 1 heterocycles. The Morgan fingerprint density at radius 3 is 2.19 bits per heavy atom. The molecule has 5 unspecified atom stereocenters. The van der Waals surface area contributed by atoms with Crippen LogP contribution in [0.1, 0.15) is 36.5 Å². The van der Waals surface area contributed by atoms with Crippen molar-refractivity contribution in [3.05, 3.63) is 35.4 Å². The third-order valence-corrected chi connectivity index (χ3v) is 5.12. The van der Waals surface area contributed by atoms with Gasteiger partial charge in [-0.3, -0.25) is 4.90 Å². The second kappa shape index (κ2) is 6.05. The summed E-state index contributed by atoms with van der Waals surface area (Å²) in [5.41, 5.74) is 2.36. The second-order valence-electron chi connectivity index (χ2n) is 6.28. The molecule has 0 radical (unpaired) electrons. The van der Waals surface area contributed by atoms with Gasteiger partial charge in [-0.2, -0.15) is 0 Å². The summed E-state index contributed by atoms with van der Waals surface area (Å²) in [6.45, 7) is 3.90. The van der Waals surface area contributed by atoms with Crippen molar-refractivity contribution in [1.29, 1.82) is 0 Å². The normalized spacial score (nSPS) is 36.7. The molecule has 5 atom stereocenters. The van der Waals surface area contributed by atoms with E-state index in [4.69, 9.17) is 9.47 Å². The summed E-state index contributed by atoms with van der Waals surface area (Å²) in [5.74, 6) is 0.470. The maximum Gasteiger partial charge on any atom is 0.0971 e. The minimum Gasteiger partial charge on any atom is -0.387 e. The molecule has 1 aliphatic carbocycles. The SMILES string of the molecule is COC1CN(C2CC(C)c3ccccc3C2O)CC1OC. The predicted octanol–water partition coefficient (Wildman–Crippen LogP) is 1.94. The Morgan fingerprint density at radius 1 is 1.05 bits per heavy atom. The molecule has 1 fully saturated rings. The molecule has 0 bridgehead atoms. The van der Waals surface area contributed by atoms with E-state index in [0.717, 1.165) is 25.1 Å². The van der Waals surface area contributed by atoms with E-state index in [1.165, 1.54) is 5.56 Å². The lowest BCUT2D eigenvalue weighted by Gasteiger charge is -2.39. The fraction of sp³-hybridized carbons (Fsp3) is 0.647. The molecule has 0 amide bonds. The van der Waals surface area contributed by atoms with Gasteiger partial charge in [0, 0.05) is 33.4 Å². The van der Waals surface area contributed by atoms with Crippen LogP contribution < -0.4 is 0 Å². The van der Waals surface area contributed by atoms with Crippen LogP contribution in [0, 0.1) is 0 Å². The van der Waals surface area contributed by atoms with Gasteiger partial charge in [-0.15, -0.1) is 0 Å². The van der Waals surface area contributed by atoms with Crippen molar-refractivity contribution >= 4 is 0 Å². The van der Waals surface area contributed by atoms with E-state index in [2.05, 4.69) is 30.0 Å². The molecule has 4 heteroatoms. The Labute approximate surface area is 126 Å². The number of hydrogen-bond donors (Lipinski definition) is 1. The highest BCUT2D eigenvalue weighted by molar-refractivity contribution is 5.35. The summed E-state index contributed by atoms with van der Waals surface area (Å²) >= 11 is 0. The largest absolute Gasteiger partial charge is 0.387 e. The summed E-state index contributed by atoms with van der Waals surface area (Å²) in [6.07, 6.45) is 0.736. The quantitative estimate of drug-likeness (QED) is 0.924. The fourth-order valence-corrected chi connectivity index (χ4v) is 3.90. The summed E-state index contributed by atoms with van der Waals surface area (Å²) in [4.78, 5) is 2.33. The predicted molar refractivity (Wildman–Crippen MR) is 81.4 cm³/mol. The molecule has 0 aromatic heterocycles.